The third kappa shape index (κ3) is 3.82. The molecule has 154 valence electrons. The molecule has 1 saturated carbocycles. The smallest absolute Gasteiger partial charge is 0.409 e. The molecule has 1 unspecified atom stereocenters. The van der Waals surface area contributed by atoms with Gasteiger partial charge in [-0.3, -0.25) is 4.90 Å². The number of hydrogen-bond acceptors (Lipinski definition) is 4. The lowest BCUT2D eigenvalue weighted by molar-refractivity contribution is -0.0241. The Labute approximate surface area is 161 Å². The molecule has 7 heteroatoms. The van der Waals surface area contributed by atoms with E-state index in [4.69, 9.17) is 4.74 Å². The number of carbonyl (C=O) groups is 1. The number of hydrogen-bond donors (Lipinski definition) is 0. The summed E-state index contributed by atoms with van der Waals surface area (Å²) in [6, 6.07) is 0.908. The van der Waals surface area contributed by atoms with Gasteiger partial charge in [0.2, 0.25) is 0 Å². The summed E-state index contributed by atoms with van der Waals surface area (Å²) in [6.45, 7) is 7.84. The Morgan fingerprint density at radius 3 is 2.37 bits per heavy atom. The molecule has 5 nitrogen and oxygen atoms in total. The van der Waals surface area contributed by atoms with Crippen LogP contribution in [0.25, 0.3) is 0 Å². The topological polar surface area (TPSA) is 36.0 Å². The van der Waals surface area contributed by atoms with Crippen LogP contribution in [0.4, 0.5) is 13.6 Å². The zero-order valence-electron chi connectivity index (χ0n) is 16.6. The van der Waals surface area contributed by atoms with Gasteiger partial charge in [0.1, 0.15) is 0 Å². The van der Waals surface area contributed by atoms with Gasteiger partial charge in [-0.15, -0.1) is 0 Å². The summed E-state index contributed by atoms with van der Waals surface area (Å²) in [5.74, 6) is -2.51. The minimum absolute atomic E-state index is 0.00382. The van der Waals surface area contributed by atoms with Crippen molar-refractivity contribution in [2.45, 2.75) is 76.4 Å². The maximum Gasteiger partial charge on any atom is 0.409 e. The molecule has 1 aliphatic carbocycles. The predicted octanol–water partition coefficient (Wildman–Crippen LogP) is 3.19. The standard InChI is InChI=1S/C20H33F2N3O2/c1-3-27-18(26)24-9-6-19(13-24)11-17(12-19)23-7-4-16(5-8-23)25-14-20(21,22)10-15(25)2/h15-17H,3-14H2,1-2H3. The van der Waals surface area contributed by atoms with E-state index in [1.165, 1.54) is 0 Å². The summed E-state index contributed by atoms with van der Waals surface area (Å²) in [5.41, 5.74) is 0.291. The summed E-state index contributed by atoms with van der Waals surface area (Å²) >= 11 is 0. The van der Waals surface area contributed by atoms with E-state index >= 15 is 0 Å². The molecule has 4 aliphatic rings. The van der Waals surface area contributed by atoms with Crippen LogP contribution in [0.5, 0.6) is 0 Å². The van der Waals surface area contributed by atoms with Crippen LogP contribution >= 0.6 is 0 Å². The van der Waals surface area contributed by atoms with Crippen molar-refractivity contribution in [1.29, 1.82) is 0 Å². The molecule has 0 aromatic heterocycles. The molecule has 27 heavy (non-hydrogen) atoms. The van der Waals surface area contributed by atoms with Crippen LogP contribution in [0.1, 0.15) is 52.4 Å². The summed E-state index contributed by atoms with van der Waals surface area (Å²) in [7, 11) is 0. The Morgan fingerprint density at radius 2 is 1.78 bits per heavy atom. The van der Waals surface area contributed by atoms with Crippen LogP contribution < -0.4 is 0 Å². The van der Waals surface area contributed by atoms with Gasteiger partial charge >= 0.3 is 6.09 Å². The summed E-state index contributed by atoms with van der Waals surface area (Å²) in [4.78, 5) is 18.4. The molecule has 4 rings (SSSR count). The highest BCUT2D eigenvalue weighted by Crippen LogP contribution is 2.50. The number of amides is 1. The van der Waals surface area contributed by atoms with E-state index in [-0.39, 0.29) is 25.1 Å². The number of rotatable bonds is 3. The third-order valence-corrected chi connectivity index (χ3v) is 7.36. The first-order valence-electron chi connectivity index (χ1n) is 10.6. The Bertz CT molecular complexity index is 559. The molecule has 0 aromatic rings. The number of piperidine rings is 1. The number of ether oxygens (including phenoxy) is 1. The number of nitrogens with zero attached hydrogens (tertiary/aromatic N) is 3. The van der Waals surface area contributed by atoms with Gasteiger partial charge in [-0.25, -0.2) is 13.6 Å². The molecule has 3 heterocycles. The fourth-order valence-electron chi connectivity index (χ4n) is 5.95. The minimum Gasteiger partial charge on any atom is -0.450 e. The molecule has 3 saturated heterocycles. The van der Waals surface area contributed by atoms with E-state index in [0.717, 1.165) is 58.3 Å². The quantitative estimate of drug-likeness (QED) is 0.748. The average Bonchev–Trinajstić information content (AvgIpc) is 3.15. The van der Waals surface area contributed by atoms with Crippen LogP contribution in [0.2, 0.25) is 0 Å². The number of carbonyl (C=O) groups excluding carboxylic acids is 1. The highest BCUT2D eigenvalue weighted by Gasteiger charge is 2.52. The molecule has 1 atom stereocenters. The Hall–Kier alpha value is -0.950. The van der Waals surface area contributed by atoms with E-state index in [0.29, 0.717) is 24.1 Å². The largest absolute Gasteiger partial charge is 0.450 e. The summed E-state index contributed by atoms with van der Waals surface area (Å²) in [5, 5.41) is 0. The Morgan fingerprint density at radius 1 is 1.07 bits per heavy atom. The number of alkyl halides is 2. The molecule has 0 bridgehead atoms. The van der Waals surface area contributed by atoms with Crippen molar-refractivity contribution >= 4 is 6.09 Å². The monoisotopic (exact) mass is 385 g/mol. The number of likely N-dealkylation sites (tertiary alicyclic amines) is 3. The molecular weight excluding hydrogens is 352 g/mol. The fraction of sp³-hybridized carbons (Fsp3) is 0.950. The number of halogens is 2. The van der Waals surface area contributed by atoms with E-state index in [1.54, 1.807) is 0 Å². The van der Waals surface area contributed by atoms with Gasteiger partial charge in [0.05, 0.1) is 13.2 Å². The summed E-state index contributed by atoms with van der Waals surface area (Å²) in [6.07, 6.45) is 5.24. The van der Waals surface area contributed by atoms with Gasteiger partial charge in [0.15, 0.2) is 0 Å². The average molecular weight is 385 g/mol. The maximum absolute atomic E-state index is 13.7. The fourth-order valence-corrected chi connectivity index (χ4v) is 5.95. The van der Waals surface area contributed by atoms with Gasteiger partial charge in [-0.1, -0.05) is 0 Å². The van der Waals surface area contributed by atoms with Gasteiger partial charge in [0.25, 0.3) is 5.92 Å². The molecule has 0 aromatic carbocycles. The second-order valence-electron chi connectivity index (χ2n) is 9.28. The van der Waals surface area contributed by atoms with E-state index < -0.39 is 5.92 Å². The van der Waals surface area contributed by atoms with Gasteiger partial charge in [-0.05, 0) is 64.5 Å². The highest BCUT2D eigenvalue weighted by atomic mass is 19.3. The van der Waals surface area contributed by atoms with Crippen LogP contribution in [-0.4, -0.2) is 84.2 Å². The maximum atomic E-state index is 13.7. The van der Waals surface area contributed by atoms with Gasteiger partial charge in [0, 0.05) is 37.6 Å². The van der Waals surface area contributed by atoms with Crippen molar-refractivity contribution in [3.05, 3.63) is 0 Å². The second kappa shape index (κ2) is 7.14. The predicted molar refractivity (Wildman–Crippen MR) is 99.0 cm³/mol. The van der Waals surface area contributed by atoms with E-state index in [1.807, 2.05) is 23.6 Å². The zero-order chi connectivity index (χ0) is 19.2. The lowest BCUT2D eigenvalue weighted by Crippen LogP contribution is -2.56. The molecule has 3 aliphatic heterocycles. The molecule has 4 fully saturated rings. The van der Waals surface area contributed by atoms with Crippen LogP contribution in [0.3, 0.4) is 0 Å². The lowest BCUT2D eigenvalue weighted by atomic mass is 9.64. The Balaban J connectivity index is 1.23. The van der Waals surface area contributed by atoms with Crippen molar-refractivity contribution in [1.82, 2.24) is 14.7 Å². The minimum atomic E-state index is -2.51. The zero-order valence-corrected chi connectivity index (χ0v) is 16.6. The molecule has 1 amide bonds. The van der Waals surface area contributed by atoms with E-state index in [2.05, 4.69) is 4.90 Å². The van der Waals surface area contributed by atoms with Crippen LogP contribution in [0.15, 0.2) is 0 Å². The molecule has 0 N–H and O–H groups in total. The third-order valence-electron chi connectivity index (χ3n) is 7.36. The van der Waals surface area contributed by atoms with Crippen LogP contribution in [-0.2, 0) is 4.74 Å². The first-order valence-corrected chi connectivity index (χ1v) is 10.6. The van der Waals surface area contributed by atoms with Crippen molar-refractivity contribution in [3.8, 4) is 0 Å². The normalized spacial score (nSPS) is 37.7. The van der Waals surface area contributed by atoms with Gasteiger partial charge < -0.3 is 14.5 Å². The Kier molecular flexibility index (Phi) is 5.12. The second-order valence-corrected chi connectivity index (χ2v) is 9.28. The molecular formula is C20H33F2N3O2. The summed E-state index contributed by atoms with van der Waals surface area (Å²) < 4.78 is 32.5. The van der Waals surface area contributed by atoms with Crippen LogP contribution in [0, 0.1) is 5.41 Å². The molecule has 0 radical (unpaired) electrons. The first-order chi connectivity index (χ1) is 12.8. The van der Waals surface area contributed by atoms with Crippen molar-refractivity contribution in [2.75, 3.05) is 39.3 Å². The van der Waals surface area contributed by atoms with E-state index in [9.17, 15) is 13.6 Å². The first kappa shape index (κ1) is 19.4. The van der Waals surface area contributed by atoms with Gasteiger partial charge in [-0.2, -0.15) is 0 Å². The molecule has 1 spiro atoms. The highest BCUT2D eigenvalue weighted by molar-refractivity contribution is 5.68. The van der Waals surface area contributed by atoms with Crippen molar-refractivity contribution < 1.29 is 18.3 Å². The van der Waals surface area contributed by atoms with Crippen molar-refractivity contribution in [3.63, 3.8) is 0 Å². The SMILES string of the molecule is CCOC(=O)N1CCC2(CC(N3CCC(N4CC(F)(F)CC4C)CC3)C2)C1. The lowest BCUT2D eigenvalue weighted by Gasteiger charge is -2.52. The van der Waals surface area contributed by atoms with Crippen molar-refractivity contribution in [2.24, 2.45) is 5.41 Å².